The van der Waals surface area contributed by atoms with E-state index in [0.29, 0.717) is 11.8 Å². The molecule has 3 fully saturated rings. The van der Waals surface area contributed by atoms with Crippen molar-refractivity contribution in [1.82, 2.24) is 0 Å². The molecule has 2 bridgehead atoms. The summed E-state index contributed by atoms with van der Waals surface area (Å²) in [6.07, 6.45) is 3.00. The van der Waals surface area contributed by atoms with Crippen molar-refractivity contribution in [2.75, 3.05) is 4.90 Å². The lowest BCUT2D eigenvalue weighted by Crippen LogP contribution is -2.34. The Hall–Kier alpha value is -2.17. The summed E-state index contributed by atoms with van der Waals surface area (Å²) in [4.78, 5) is 37.8. The molecule has 21 heavy (non-hydrogen) atoms. The number of benzene rings is 1. The van der Waals surface area contributed by atoms with Gasteiger partial charge in [0.15, 0.2) is 0 Å². The first-order chi connectivity index (χ1) is 10.1. The SMILES string of the molecule is O=C(O)c1ccccc1N1C(=O)[C@H]2[C@H]3CC[C@@H](C3)[C@@H]2C1=O. The summed E-state index contributed by atoms with van der Waals surface area (Å²) in [6, 6.07) is 6.23. The molecule has 1 aromatic rings. The summed E-state index contributed by atoms with van der Waals surface area (Å²) in [7, 11) is 0. The second kappa shape index (κ2) is 4.16. The van der Waals surface area contributed by atoms with Gasteiger partial charge in [-0.2, -0.15) is 0 Å². The third kappa shape index (κ3) is 1.54. The molecule has 0 unspecified atom stereocenters. The Balaban J connectivity index is 1.79. The fourth-order valence-corrected chi connectivity index (χ4v) is 4.50. The molecule has 1 aromatic carbocycles. The van der Waals surface area contributed by atoms with E-state index in [1.807, 2.05) is 0 Å². The molecule has 1 N–H and O–H groups in total. The normalized spacial score (nSPS) is 33.6. The second-order valence-corrected chi connectivity index (χ2v) is 6.22. The number of carboxylic acids is 1. The van der Waals surface area contributed by atoms with Crippen LogP contribution in [0.3, 0.4) is 0 Å². The van der Waals surface area contributed by atoms with Crippen LogP contribution in [0.5, 0.6) is 0 Å². The second-order valence-electron chi connectivity index (χ2n) is 6.22. The zero-order valence-electron chi connectivity index (χ0n) is 11.4. The van der Waals surface area contributed by atoms with Crippen molar-refractivity contribution < 1.29 is 19.5 Å². The van der Waals surface area contributed by atoms with E-state index in [1.165, 1.54) is 6.07 Å². The number of carboxylic acid groups (broad SMARTS) is 1. The van der Waals surface area contributed by atoms with Gasteiger partial charge in [-0.1, -0.05) is 12.1 Å². The van der Waals surface area contributed by atoms with Crippen molar-refractivity contribution in [2.45, 2.75) is 19.3 Å². The van der Waals surface area contributed by atoms with Gasteiger partial charge in [0.1, 0.15) is 0 Å². The van der Waals surface area contributed by atoms with Gasteiger partial charge in [0.2, 0.25) is 11.8 Å². The van der Waals surface area contributed by atoms with Gasteiger partial charge in [-0.05, 0) is 43.2 Å². The van der Waals surface area contributed by atoms with E-state index in [1.54, 1.807) is 18.2 Å². The van der Waals surface area contributed by atoms with Crippen LogP contribution in [0, 0.1) is 23.7 Å². The van der Waals surface area contributed by atoms with Gasteiger partial charge >= 0.3 is 5.97 Å². The molecular formula is C16H15NO4. The van der Waals surface area contributed by atoms with E-state index in [0.717, 1.165) is 24.2 Å². The standard InChI is InChI=1S/C16H15NO4/c18-14-12-8-5-6-9(7-8)13(12)15(19)17(14)11-4-2-1-3-10(11)16(20)21/h1-4,8-9,12-13H,5-7H2,(H,20,21)/t8-,9-,12-,13-/m0/s1. The third-order valence-electron chi connectivity index (χ3n) is 5.30. The van der Waals surface area contributed by atoms with Crippen molar-refractivity contribution >= 4 is 23.5 Å². The van der Waals surface area contributed by atoms with E-state index in [2.05, 4.69) is 0 Å². The Morgan fingerprint density at radius 3 is 2.19 bits per heavy atom. The van der Waals surface area contributed by atoms with Crippen LogP contribution in [-0.4, -0.2) is 22.9 Å². The number of rotatable bonds is 2. The van der Waals surface area contributed by atoms with Gasteiger partial charge in [0.25, 0.3) is 0 Å². The first-order valence-electron chi connectivity index (χ1n) is 7.29. The van der Waals surface area contributed by atoms with Gasteiger partial charge in [-0.25, -0.2) is 9.69 Å². The van der Waals surface area contributed by atoms with Gasteiger partial charge in [-0.3, -0.25) is 9.59 Å². The largest absolute Gasteiger partial charge is 0.478 e. The maximum absolute atomic E-state index is 12.7. The molecule has 1 aliphatic heterocycles. The average molecular weight is 285 g/mol. The van der Waals surface area contributed by atoms with Crippen molar-refractivity contribution in [3.05, 3.63) is 29.8 Å². The molecule has 1 heterocycles. The van der Waals surface area contributed by atoms with Gasteiger partial charge in [0.05, 0.1) is 23.1 Å². The number of carbonyl (C=O) groups is 3. The highest BCUT2D eigenvalue weighted by atomic mass is 16.4. The topological polar surface area (TPSA) is 74.7 Å². The number of carbonyl (C=O) groups excluding carboxylic acids is 2. The Morgan fingerprint density at radius 2 is 1.62 bits per heavy atom. The molecule has 2 aliphatic carbocycles. The van der Waals surface area contributed by atoms with Crippen LogP contribution in [0.25, 0.3) is 0 Å². The van der Waals surface area contributed by atoms with Crippen LogP contribution in [0.1, 0.15) is 29.6 Å². The molecule has 4 atom stereocenters. The number of fused-ring (bicyclic) bond motifs is 5. The molecular weight excluding hydrogens is 270 g/mol. The maximum atomic E-state index is 12.7. The molecule has 3 aliphatic rings. The monoisotopic (exact) mass is 285 g/mol. The van der Waals surface area contributed by atoms with Crippen molar-refractivity contribution in [1.29, 1.82) is 0 Å². The number of aromatic carboxylic acids is 1. The first-order valence-corrected chi connectivity index (χ1v) is 7.29. The van der Waals surface area contributed by atoms with Crippen LogP contribution >= 0.6 is 0 Å². The molecule has 5 heteroatoms. The fourth-order valence-electron chi connectivity index (χ4n) is 4.50. The molecule has 2 amide bonds. The first kappa shape index (κ1) is 12.6. The summed E-state index contributed by atoms with van der Waals surface area (Å²) >= 11 is 0. The number of imide groups is 1. The Labute approximate surface area is 121 Å². The van der Waals surface area contributed by atoms with E-state index in [9.17, 15) is 19.5 Å². The van der Waals surface area contributed by atoms with Crippen LogP contribution in [0.4, 0.5) is 5.69 Å². The predicted molar refractivity (Wildman–Crippen MR) is 73.7 cm³/mol. The van der Waals surface area contributed by atoms with E-state index in [4.69, 9.17) is 0 Å². The molecule has 0 radical (unpaired) electrons. The summed E-state index contributed by atoms with van der Waals surface area (Å²) < 4.78 is 0. The minimum atomic E-state index is -1.12. The smallest absolute Gasteiger partial charge is 0.337 e. The van der Waals surface area contributed by atoms with Crippen molar-refractivity contribution in [2.24, 2.45) is 23.7 Å². The lowest BCUT2D eigenvalue weighted by Gasteiger charge is -2.19. The third-order valence-corrected chi connectivity index (χ3v) is 5.30. The Morgan fingerprint density at radius 1 is 1.05 bits per heavy atom. The minimum Gasteiger partial charge on any atom is -0.478 e. The van der Waals surface area contributed by atoms with Crippen LogP contribution in [0.2, 0.25) is 0 Å². The number of para-hydroxylation sites is 1. The van der Waals surface area contributed by atoms with E-state index < -0.39 is 5.97 Å². The molecule has 0 spiro atoms. The summed E-state index contributed by atoms with van der Waals surface area (Å²) in [6.45, 7) is 0. The fraction of sp³-hybridized carbons (Fsp3) is 0.438. The highest BCUT2D eigenvalue weighted by Crippen LogP contribution is 2.56. The summed E-state index contributed by atoms with van der Waals surface area (Å²) in [5.74, 6) is -1.36. The molecule has 108 valence electrons. The highest BCUT2D eigenvalue weighted by molar-refractivity contribution is 6.24. The van der Waals surface area contributed by atoms with Crippen molar-refractivity contribution in [3.8, 4) is 0 Å². The lowest BCUT2D eigenvalue weighted by atomic mass is 9.81. The molecule has 1 saturated heterocycles. The Bertz CT molecular complexity index is 640. The minimum absolute atomic E-state index is 0.00604. The molecule has 4 rings (SSSR count). The lowest BCUT2D eigenvalue weighted by molar-refractivity contribution is -0.123. The number of nitrogens with zero attached hydrogens (tertiary/aromatic N) is 1. The number of hydrogen-bond donors (Lipinski definition) is 1. The number of anilines is 1. The van der Waals surface area contributed by atoms with Crippen molar-refractivity contribution in [3.63, 3.8) is 0 Å². The summed E-state index contributed by atoms with van der Waals surface area (Å²) in [5.41, 5.74) is 0.223. The molecule has 5 nitrogen and oxygen atoms in total. The van der Waals surface area contributed by atoms with Crippen LogP contribution in [0.15, 0.2) is 24.3 Å². The summed E-state index contributed by atoms with van der Waals surface area (Å²) in [5, 5.41) is 9.27. The van der Waals surface area contributed by atoms with E-state index >= 15 is 0 Å². The highest BCUT2D eigenvalue weighted by Gasteiger charge is 2.61. The Kier molecular flexibility index (Phi) is 2.49. The number of hydrogen-bond acceptors (Lipinski definition) is 3. The van der Waals surface area contributed by atoms with Crippen LogP contribution in [-0.2, 0) is 9.59 Å². The van der Waals surface area contributed by atoms with Gasteiger partial charge < -0.3 is 5.11 Å². The average Bonchev–Trinajstić information content (AvgIpc) is 3.13. The molecule has 0 aromatic heterocycles. The zero-order chi connectivity index (χ0) is 14.7. The van der Waals surface area contributed by atoms with Crippen LogP contribution < -0.4 is 4.90 Å². The number of amides is 2. The maximum Gasteiger partial charge on any atom is 0.337 e. The quantitative estimate of drug-likeness (QED) is 0.842. The van der Waals surface area contributed by atoms with Gasteiger partial charge in [0, 0.05) is 0 Å². The molecule has 2 saturated carbocycles. The van der Waals surface area contributed by atoms with Gasteiger partial charge in [-0.15, -0.1) is 0 Å². The predicted octanol–water partition coefficient (Wildman–Crippen LogP) is 1.92. The zero-order valence-corrected chi connectivity index (χ0v) is 11.4. The van der Waals surface area contributed by atoms with E-state index in [-0.39, 0.29) is 34.9 Å².